The Morgan fingerprint density at radius 2 is 1.76 bits per heavy atom. The Kier molecular flexibility index (Phi) is 3.98. The molecule has 2 nitrogen and oxygen atoms in total. The van der Waals surface area contributed by atoms with E-state index in [1.165, 1.54) is 6.42 Å². The monoisotopic (exact) mass is 251 g/mol. The van der Waals surface area contributed by atoms with Crippen LogP contribution in [-0.2, 0) is 0 Å². The fraction of sp³-hybridized carbons (Fsp3) is 1.00. The second-order valence-electron chi connectivity index (χ2n) is 5.31. The highest BCUT2D eigenvalue weighted by Crippen LogP contribution is 2.36. The van der Waals surface area contributed by atoms with Gasteiger partial charge < -0.3 is 5.11 Å². The fourth-order valence-corrected chi connectivity index (χ4v) is 3.28. The summed E-state index contributed by atoms with van der Waals surface area (Å²) in [6.45, 7) is 0.457. The summed E-state index contributed by atoms with van der Waals surface area (Å²) in [4.78, 5) is 1.87. The molecule has 2 aliphatic rings. The van der Waals surface area contributed by atoms with Crippen LogP contribution in [0.5, 0.6) is 0 Å². The number of hydrogen-bond donors (Lipinski definition) is 1. The van der Waals surface area contributed by atoms with E-state index in [1.54, 1.807) is 0 Å². The minimum Gasteiger partial charge on any atom is -0.382 e. The van der Waals surface area contributed by atoms with Crippen LogP contribution in [0, 0.1) is 5.92 Å². The van der Waals surface area contributed by atoms with Crippen molar-refractivity contribution in [3.8, 4) is 0 Å². The molecule has 1 heterocycles. The van der Waals surface area contributed by atoms with Crippen LogP contribution < -0.4 is 0 Å². The van der Waals surface area contributed by atoms with Crippen LogP contribution in [0.15, 0.2) is 0 Å². The molecular formula is C12H20F3NO. The van der Waals surface area contributed by atoms with Gasteiger partial charge in [0.2, 0.25) is 0 Å². The van der Waals surface area contributed by atoms with Gasteiger partial charge >= 0.3 is 6.18 Å². The molecule has 0 amide bonds. The first-order valence-corrected chi connectivity index (χ1v) is 6.47. The smallest absolute Gasteiger partial charge is 0.382 e. The second kappa shape index (κ2) is 5.14. The Balaban J connectivity index is 1.95. The van der Waals surface area contributed by atoms with Crippen LogP contribution in [0.4, 0.5) is 13.2 Å². The number of halogens is 3. The lowest BCUT2D eigenvalue weighted by Gasteiger charge is -2.44. The summed E-state index contributed by atoms with van der Waals surface area (Å²) in [6.07, 6.45) is -0.116. The SMILES string of the molecule is OC(CN1CCCC2CCCCC21)C(F)(F)F. The highest BCUT2D eigenvalue weighted by molar-refractivity contribution is 4.88. The van der Waals surface area contributed by atoms with Crippen molar-refractivity contribution in [3.05, 3.63) is 0 Å². The Hall–Kier alpha value is -0.290. The van der Waals surface area contributed by atoms with Gasteiger partial charge in [0.15, 0.2) is 6.10 Å². The molecule has 3 unspecified atom stereocenters. The molecule has 2 rings (SSSR count). The second-order valence-corrected chi connectivity index (χ2v) is 5.31. The number of rotatable bonds is 2. The van der Waals surface area contributed by atoms with Crippen molar-refractivity contribution in [1.29, 1.82) is 0 Å². The summed E-state index contributed by atoms with van der Waals surface area (Å²) in [5, 5.41) is 9.16. The average molecular weight is 251 g/mol. The molecule has 0 aromatic heterocycles. The van der Waals surface area contributed by atoms with Crippen molar-refractivity contribution >= 4 is 0 Å². The average Bonchev–Trinajstić information content (AvgIpc) is 2.28. The standard InChI is InChI=1S/C12H20F3NO/c13-12(14,15)11(17)8-16-7-3-5-9-4-1-2-6-10(9)16/h9-11,17H,1-8H2. The maximum absolute atomic E-state index is 12.4. The summed E-state index contributed by atoms with van der Waals surface area (Å²) in [5.74, 6) is 0.554. The van der Waals surface area contributed by atoms with E-state index in [2.05, 4.69) is 0 Å². The fourth-order valence-electron chi connectivity index (χ4n) is 3.28. The van der Waals surface area contributed by atoms with Gasteiger partial charge in [-0.05, 0) is 38.1 Å². The molecule has 2 fully saturated rings. The molecule has 5 heteroatoms. The molecule has 17 heavy (non-hydrogen) atoms. The van der Waals surface area contributed by atoms with Crippen LogP contribution in [0.3, 0.4) is 0 Å². The van der Waals surface area contributed by atoms with E-state index in [1.807, 2.05) is 4.90 Å². The van der Waals surface area contributed by atoms with Gasteiger partial charge in [0, 0.05) is 12.6 Å². The normalized spacial score (nSPS) is 33.2. The van der Waals surface area contributed by atoms with Gasteiger partial charge in [0.1, 0.15) is 0 Å². The molecule has 1 saturated carbocycles. The van der Waals surface area contributed by atoms with E-state index in [0.29, 0.717) is 12.5 Å². The Morgan fingerprint density at radius 1 is 1.12 bits per heavy atom. The summed E-state index contributed by atoms with van der Waals surface area (Å²) in [5.41, 5.74) is 0. The molecule has 0 spiro atoms. The summed E-state index contributed by atoms with van der Waals surface area (Å²) < 4.78 is 37.1. The van der Waals surface area contributed by atoms with Crippen molar-refractivity contribution in [2.24, 2.45) is 5.92 Å². The van der Waals surface area contributed by atoms with E-state index in [0.717, 1.165) is 32.1 Å². The van der Waals surface area contributed by atoms with Crippen molar-refractivity contribution < 1.29 is 18.3 Å². The van der Waals surface area contributed by atoms with Crippen LogP contribution in [0.2, 0.25) is 0 Å². The third-order valence-electron chi connectivity index (χ3n) is 4.14. The van der Waals surface area contributed by atoms with Gasteiger partial charge in [-0.2, -0.15) is 13.2 Å². The molecule has 1 aliphatic heterocycles. The minimum absolute atomic E-state index is 0.245. The van der Waals surface area contributed by atoms with Crippen molar-refractivity contribution in [3.63, 3.8) is 0 Å². The molecule has 0 aromatic rings. The van der Waals surface area contributed by atoms with E-state index >= 15 is 0 Å². The van der Waals surface area contributed by atoms with E-state index in [9.17, 15) is 13.2 Å². The first-order valence-electron chi connectivity index (χ1n) is 6.47. The molecule has 100 valence electrons. The molecule has 0 radical (unpaired) electrons. The number of fused-ring (bicyclic) bond motifs is 1. The van der Waals surface area contributed by atoms with Crippen LogP contribution in [0.25, 0.3) is 0 Å². The lowest BCUT2D eigenvalue weighted by atomic mass is 9.78. The molecule has 0 aromatic carbocycles. The Morgan fingerprint density at radius 3 is 2.47 bits per heavy atom. The van der Waals surface area contributed by atoms with E-state index < -0.39 is 12.3 Å². The van der Waals surface area contributed by atoms with Gasteiger partial charge in [0.05, 0.1) is 0 Å². The molecule has 1 aliphatic carbocycles. The first-order chi connectivity index (χ1) is 7.98. The number of nitrogens with zero attached hydrogens (tertiary/aromatic N) is 1. The maximum Gasteiger partial charge on any atom is 0.415 e. The van der Waals surface area contributed by atoms with Crippen molar-refractivity contribution in [1.82, 2.24) is 4.90 Å². The number of alkyl halides is 3. The molecular weight excluding hydrogens is 231 g/mol. The van der Waals surface area contributed by atoms with E-state index in [4.69, 9.17) is 5.11 Å². The molecule has 1 N–H and O–H groups in total. The zero-order valence-electron chi connectivity index (χ0n) is 9.92. The highest BCUT2D eigenvalue weighted by atomic mass is 19.4. The highest BCUT2D eigenvalue weighted by Gasteiger charge is 2.42. The van der Waals surface area contributed by atoms with Crippen molar-refractivity contribution in [2.45, 2.75) is 56.8 Å². The summed E-state index contributed by atoms with van der Waals surface area (Å²) in [7, 11) is 0. The zero-order chi connectivity index (χ0) is 12.5. The third-order valence-corrected chi connectivity index (χ3v) is 4.14. The van der Waals surface area contributed by atoms with Crippen LogP contribution in [-0.4, -0.2) is 41.4 Å². The third kappa shape index (κ3) is 3.13. The number of piperidine rings is 1. The van der Waals surface area contributed by atoms with Gasteiger partial charge in [-0.25, -0.2) is 0 Å². The lowest BCUT2D eigenvalue weighted by molar-refractivity contribution is -0.211. The number of aliphatic hydroxyl groups is 1. The largest absolute Gasteiger partial charge is 0.415 e. The summed E-state index contributed by atoms with van der Waals surface area (Å²) >= 11 is 0. The predicted molar refractivity (Wildman–Crippen MR) is 58.6 cm³/mol. The molecule has 0 bridgehead atoms. The van der Waals surface area contributed by atoms with Crippen LogP contribution >= 0.6 is 0 Å². The Bertz CT molecular complexity index is 255. The number of aliphatic hydroxyl groups excluding tert-OH is 1. The number of hydrogen-bond acceptors (Lipinski definition) is 2. The number of likely N-dealkylation sites (tertiary alicyclic amines) is 1. The van der Waals surface area contributed by atoms with Gasteiger partial charge in [-0.3, -0.25) is 4.90 Å². The van der Waals surface area contributed by atoms with Gasteiger partial charge in [-0.15, -0.1) is 0 Å². The quantitative estimate of drug-likeness (QED) is 0.815. The minimum atomic E-state index is -4.48. The molecule has 1 saturated heterocycles. The van der Waals surface area contributed by atoms with Crippen LogP contribution in [0.1, 0.15) is 38.5 Å². The van der Waals surface area contributed by atoms with Gasteiger partial charge in [0.25, 0.3) is 0 Å². The molecule has 3 atom stereocenters. The first kappa shape index (κ1) is 13.1. The topological polar surface area (TPSA) is 23.5 Å². The van der Waals surface area contributed by atoms with Gasteiger partial charge in [-0.1, -0.05) is 12.8 Å². The number of β-amino-alcohol motifs (C(OH)–C–C–N with tert-alkyl or cyclic N) is 1. The maximum atomic E-state index is 12.4. The lowest BCUT2D eigenvalue weighted by Crippen LogP contribution is -2.51. The zero-order valence-corrected chi connectivity index (χ0v) is 9.92. The Labute approximate surface area is 99.8 Å². The van der Waals surface area contributed by atoms with Crippen molar-refractivity contribution in [2.75, 3.05) is 13.1 Å². The summed E-state index contributed by atoms with van der Waals surface area (Å²) in [6, 6.07) is 0.273. The van der Waals surface area contributed by atoms with E-state index in [-0.39, 0.29) is 12.6 Å². The predicted octanol–water partition coefficient (Wildman–Crippen LogP) is 2.56.